The van der Waals surface area contributed by atoms with E-state index in [1.807, 2.05) is 31.4 Å². The van der Waals surface area contributed by atoms with Gasteiger partial charge in [-0.15, -0.1) is 22.7 Å². The van der Waals surface area contributed by atoms with E-state index >= 15 is 0 Å². The Labute approximate surface area is 155 Å². The molecule has 2 aromatic rings. The molecule has 5 nitrogen and oxygen atoms in total. The van der Waals surface area contributed by atoms with Gasteiger partial charge in [0.15, 0.2) is 0 Å². The number of nitrogens with zero attached hydrogens (tertiary/aromatic N) is 2. The van der Waals surface area contributed by atoms with Gasteiger partial charge in [-0.25, -0.2) is 0 Å². The highest BCUT2D eigenvalue weighted by Gasteiger charge is 2.23. The van der Waals surface area contributed by atoms with Gasteiger partial charge < -0.3 is 10.2 Å². The number of anilines is 1. The van der Waals surface area contributed by atoms with Crippen LogP contribution in [0.3, 0.4) is 0 Å². The summed E-state index contributed by atoms with van der Waals surface area (Å²) in [5, 5.41) is 14.5. The maximum absolute atomic E-state index is 12.6. The smallest absolute Gasteiger partial charge is 0.264 e. The minimum absolute atomic E-state index is 0.112. The Bertz CT molecular complexity index is 825. The lowest BCUT2D eigenvalue weighted by molar-refractivity contribution is -0.111. The van der Waals surface area contributed by atoms with Crippen molar-refractivity contribution in [2.75, 3.05) is 18.4 Å². The van der Waals surface area contributed by atoms with E-state index in [1.54, 1.807) is 17.9 Å². The number of thiophene rings is 2. The summed E-state index contributed by atoms with van der Waals surface area (Å²) >= 11 is 2.68. The molecule has 2 amide bonds. The minimum atomic E-state index is -0.326. The standard InChI is InChI=1S/C18H19N3O2S2/c1-4-21(5-2)18(23)16-12(3)14(11-19)17(25-16)20-15(22)9-8-13-7-6-10-24-13/h6-10H,4-5H2,1-3H3,(H,20,22). The molecule has 0 unspecified atom stereocenters. The number of amides is 2. The van der Waals surface area contributed by atoms with Gasteiger partial charge in [0.05, 0.1) is 10.4 Å². The molecular weight excluding hydrogens is 354 g/mol. The van der Waals surface area contributed by atoms with E-state index in [-0.39, 0.29) is 11.8 Å². The zero-order valence-corrected chi connectivity index (χ0v) is 16.0. The number of nitrogens with one attached hydrogen (secondary N) is 1. The first-order valence-corrected chi connectivity index (χ1v) is 9.56. The van der Waals surface area contributed by atoms with Gasteiger partial charge in [-0.1, -0.05) is 6.07 Å². The van der Waals surface area contributed by atoms with Crippen LogP contribution in [0.5, 0.6) is 0 Å². The highest BCUT2D eigenvalue weighted by molar-refractivity contribution is 7.18. The predicted molar refractivity (Wildman–Crippen MR) is 103 cm³/mol. The zero-order chi connectivity index (χ0) is 18.4. The molecule has 0 bridgehead atoms. The summed E-state index contributed by atoms with van der Waals surface area (Å²) in [4.78, 5) is 27.9. The highest BCUT2D eigenvalue weighted by atomic mass is 32.1. The van der Waals surface area contributed by atoms with E-state index in [2.05, 4.69) is 11.4 Å². The molecule has 25 heavy (non-hydrogen) atoms. The molecule has 2 heterocycles. The molecule has 0 aromatic carbocycles. The van der Waals surface area contributed by atoms with Gasteiger partial charge in [0.1, 0.15) is 11.1 Å². The summed E-state index contributed by atoms with van der Waals surface area (Å²) in [5.74, 6) is -0.438. The first kappa shape index (κ1) is 18.9. The van der Waals surface area contributed by atoms with Crippen LogP contribution in [0, 0.1) is 18.3 Å². The second-order valence-corrected chi connectivity index (χ2v) is 7.19. The van der Waals surface area contributed by atoms with E-state index in [4.69, 9.17) is 0 Å². The third kappa shape index (κ3) is 4.35. The SMILES string of the molecule is CCN(CC)C(=O)c1sc(NC(=O)C=Cc2cccs2)c(C#N)c1C. The lowest BCUT2D eigenvalue weighted by atomic mass is 10.1. The van der Waals surface area contributed by atoms with Gasteiger partial charge in [-0.2, -0.15) is 5.26 Å². The second kappa shape index (κ2) is 8.60. The molecule has 2 rings (SSSR count). The van der Waals surface area contributed by atoms with Crippen LogP contribution in [0.1, 0.15) is 39.5 Å². The molecule has 0 fully saturated rings. The number of rotatable bonds is 6. The molecule has 0 saturated carbocycles. The molecule has 0 aliphatic carbocycles. The summed E-state index contributed by atoms with van der Waals surface area (Å²) in [5.41, 5.74) is 0.959. The second-order valence-electron chi connectivity index (χ2n) is 5.19. The Hall–Kier alpha value is -2.43. The summed E-state index contributed by atoms with van der Waals surface area (Å²) in [6.07, 6.45) is 3.14. The molecule has 0 radical (unpaired) electrons. The quantitative estimate of drug-likeness (QED) is 0.774. The molecule has 0 atom stereocenters. The lowest BCUT2D eigenvalue weighted by Gasteiger charge is -2.17. The van der Waals surface area contributed by atoms with Crippen molar-refractivity contribution < 1.29 is 9.59 Å². The molecule has 1 N–H and O–H groups in total. The fraction of sp³-hybridized carbons (Fsp3) is 0.278. The van der Waals surface area contributed by atoms with Crippen LogP contribution >= 0.6 is 22.7 Å². The van der Waals surface area contributed by atoms with Crippen LogP contribution in [0.15, 0.2) is 23.6 Å². The lowest BCUT2D eigenvalue weighted by Crippen LogP contribution is -2.30. The fourth-order valence-corrected chi connectivity index (χ4v) is 4.04. The summed E-state index contributed by atoms with van der Waals surface area (Å²) in [7, 11) is 0. The molecule has 0 aliphatic heterocycles. The average Bonchev–Trinajstić information content (AvgIpc) is 3.22. The molecule has 0 aliphatic rings. The van der Waals surface area contributed by atoms with Crippen molar-refractivity contribution in [2.45, 2.75) is 20.8 Å². The average molecular weight is 374 g/mol. The number of hydrogen-bond acceptors (Lipinski definition) is 5. The monoisotopic (exact) mass is 373 g/mol. The van der Waals surface area contributed by atoms with E-state index in [0.717, 1.165) is 16.2 Å². The van der Waals surface area contributed by atoms with Crippen LogP contribution in [0.25, 0.3) is 6.08 Å². The van der Waals surface area contributed by atoms with Crippen LogP contribution < -0.4 is 5.32 Å². The number of carbonyl (C=O) groups excluding carboxylic acids is 2. The van der Waals surface area contributed by atoms with Crippen molar-refractivity contribution in [3.63, 3.8) is 0 Å². The topological polar surface area (TPSA) is 73.2 Å². The first-order valence-electron chi connectivity index (χ1n) is 7.87. The predicted octanol–water partition coefficient (Wildman–Crippen LogP) is 4.12. The number of hydrogen-bond donors (Lipinski definition) is 1. The third-order valence-corrected chi connectivity index (χ3v) is 5.72. The first-order chi connectivity index (χ1) is 12.0. The Kier molecular flexibility index (Phi) is 6.51. The Morgan fingerprint density at radius 1 is 1.36 bits per heavy atom. The van der Waals surface area contributed by atoms with Gasteiger partial charge in [0.25, 0.3) is 5.91 Å². The fourth-order valence-electron chi connectivity index (χ4n) is 2.29. The summed E-state index contributed by atoms with van der Waals surface area (Å²) < 4.78 is 0. The van der Waals surface area contributed by atoms with E-state index in [1.165, 1.54) is 17.4 Å². The third-order valence-electron chi connectivity index (χ3n) is 3.68. The van der Waals surface area contributed by atoms with Crippen LogP contribution in [-0.4, -0.2) is 29.8 Å². The molecule has 7 heteroatoms. The van der Waals surface area contributed by atoms with Crippen LogP contribution in [0.2, 0.25) is 0 Å². The van der Waals surface area contributed by atoms with Gasteiger partial charge in [-0.3, -0.25) is 9.59 Å². The van der Waals surface area contributed by atoms with Gasteiger partial charge >= 0.3 is 0 Å². The highest BCUT2D eigenvalue weighted by Crippen LogP contribution is 2.33. The van der Waals surface area contributed by atoms with Crippen molar-refractivity contribution in [3.05, 3.63) is 44.5 Å². The number of carbonyl (C=O) groups is 2. The van der Waals surface area contributed by atoms with Crippen LogP contribution in [-0.2, 0) is 4.79 Å². The molecule has 2 aromatic heterocycles. The van der Waals surface area contributed by atoms with Gasteiger partial charge in [0.2, 0.25) is 5.91 Å². The maximum atomic E-state index is 12.6. The summed E-state index contributed by atoms with van der Waals surface area (Å²) in [6.45, 7) is 6.75. The molecular formula is C18H19N3O2S2. The van der Waals surface area contributed by atoms with Gasteiger partial charge in [0, 0.05) is 24.0 Å². The normalized spacial score (nSPS) is 10.6. The zero-order valence-electron chi connectivity index (χ0n) is 14.3. The van der Waals surface area contributed by atoms with Crippen LogP contribution in [0.4, 0.5) is 5.00 Å². The van der Waals surface area contributed by atoms with Gasteiger partial charge in [-0.05, 0) is 43.9 Å². The van der Waals surface area contributed by atoms with Crippen molar-refractivity contribution in [1.29, 1.82) is 5.26 Å². The van der Waals surface area contributed by atoms with Crippen molar-refractivity contribution in [2.24, 2.45) is 0 Å². The van der Waals surface area contributed by atoms with E-state index < -0.39 is 0 Å². The molecule has 130 valence electrons. The molecule has 0 spiro atoms. The van der Waals surface area contributed by atoms with Crippen molar-refractivity contribution in [3.8, 4) is 6.07 Å². The van der Waals surface area contributed by atoms with E-state index in [9.17, 15) is 14.9 Å². The Balaban J connectivity index is 2.23. The number of nitriles is 1. The van der Waals surface area contributed by atoms with E-state index in [0.29, 0.717) is 34.1 Å². The Morgan fingerprint density at radius 2 is 2.08 bits per heavy atom. The molecule has 0 saturated heterocycles. The largest absolute Gasteiger partial charge is 0.338 e. The maximum Gasteiger partial charge on any atom is 0.264 e. The van der Waals surface area contributed by atoms with Crippen molar-refractivity contribution in [1.82, 2.24) is 4.90 Å². The van der Waals surface area contributed by atoms with Crippen molar-refractivity contribution >= 4 is 45.6 Å². The minimum Gasteiger partial charge on any atom is -0.338 e. The summed E-state index contributed by atoms with van der Waals surface area (Å²) in [6, 6.07) is 5.91. The Morgan fingerprint density at radius 3 is 2.64 bits per heavy atom.